The number of rotatable bonds is 3. The normalized spacial score (nSPS) is 28.1. The summed E-state index contributed by atoms with van der Waals surface area (Å²) in [5.74, 6) is 1.89. The molecule has 2 heterocycles. The van der Waals surface area contributed by atoms with E-state index in [0.29, 0.717) is 17.7 Å². The SMILES string of the molecule is CC(C)c1cccc(C(C)C)c1N1C(=N)c2ccccc2CC[C@]23CC2(C)C2=C(C=CC(C#N)C2)C1=N3. The molecule has 0 amide bonds. The maximum absolute atomic E-state index is 9.80. The number of nitriles is 1. The zero-order valence-electron chi connectivity index (χ0n) is 22.6. The Hall–Kier alpha value is -3.45. The van der Waals surface area contributed by atoms with Gasteiger partial charge in [-0.2, -0.15) is 5.26 Å². The molecule has 2 unspecified atom stereocenters. The number of fused-ring (bicyclic) bond motifs is 3. The van der Waals surface area contributed by atoms with Gasteiger partial charge in [0.2, 0.25) is 0 Å². The van der Waals surface area contributed by atoms with Crippen molar-refractivity contribution in [2.45, 2.75) is 77.7 Å². The van der Waals surface area contributed by atoms with E-state index < -0.39 is 0 Å². The van der Waals surface area contributed by atoms with Gasteiger partial charge in [-0.25, -0.2) is 0 Å². The lowest BCUT2D eigenvalue weighted by Gasteiger charge is -2.38. The second-order valence-corrected chi connectivity index (χ2v) is 12.1. The molecule has 37 heavy (non-hydrogen) atoms. The molecule has 6 rings (SSSR count). The summed E-state index contributed by atoms with van der Waals surface area (Å²) >= 11 is 0. The quantitative estimate of drug-likeness (QED) is 0.482. The van der Waals surface area contributed by atoms with Crippen LogP contribution in [0.2, 0.25) is 0 Å². The first-order valence-corrected chi connectivity index (χ1v) is 13.7. The molecule has 4 heteroatoms. The fourth-order valence-corrected chi connectivity index (χ4v) is 7.00. The molecular weight excluding hydrogens is 452 g/mol. The summed E-state index contributed by atoms with van der Waals surface area (Å²) in [6, 6.07) is 17.5. The van der Waals surface area contributed by atoms with Crippen LogP contribution in [-0.4, -0.2) is 17.2 Å². The summed E-state index contributed by atoms with van der Waals surface area (Å²) in [5, 5.41) is 19.6. The highest BCUT2D eigenvalue weighted by Crippen LogP contribution is 2.69. The lowest BCUT2D eigenvalue weighted by Crippen LogP contribution is -2.43. The first-order chi connectivity index (χ1) is 17.7. The number of anilines is 1. The predicted molar refractivity (Wildman–Crippen MR) is 151 cm³/mol. The largest absolute Gasteiger partial charge is 0.283 e. The van der Waals surface area contributed by atoms with E-state index in [0.717, 1.165) is 48.3 Å². The summed E-state index contributed by atoms with van der Waals surface area (Å²) in [5.41, 5.74) is 8.10. The molecule has 188 valence electrons. The van der Waals surface area contributed by atoms with E-state index in [1.54, 1.807) is 0 Å². The van der Waals surface area contributed by atoms with Crippen LogP contribution in [0.25, 0.3) is 0 Å². The molecule has 4 aliphatic rings. The Labute approximate surface area is 220 Å². The molecule has 0 saturated heterocycles. The molecule has 1 N–H and O–H groups in total. The fraction of sp³-hybridized carbons (Fsp3) is 0.424. The van der Waals surface area contributed by atoms with E-state index in [-0.39, 0.29) is 16.9 Å². The maximum atomic E-state index is 9.80. The molecule has 3 atom stereocenters. The van der Waals surface area contributed by atoms with Crippen molar-refractivity contribution >= 4 is 17.4 Å². The molecule has 2 aromatic carbocycles. The molecule has 1 spiro atoms. The minimum Gasteiger partial charge on any atom is -0.283 e. The molecule has 0 radical (unpaired) electrons. The summed E-state index contributed by atoms with van der Waals surface area (Å²) in [6.45, 7) is 11.3. The van der Waals surface area contributed by atoms with Crippen molar-refractivity contribution in [2.75, 3.05) is 4.90 Å². The van der Waals surface area contributed by atoms with Gasteiger partial charge in [-0.15, -0.1) is 0 Å². The van der Waals surface area contributed by atoms with Crippen LogP contribution in [0.4, 0.5) is 5.69 Å². The van der Waals surface area contributed by atoms with Crippen LogP contribution in [0.15, 0.2) is 70.8 Å². The van der Waals surface area contributed by atoms with Crippen LogP contribution in [0.5, 0.6) is 0 Å². The lowest BCUT2D eigenvalue weighted by molar-refractivity contribution is 0.459. The number of para-hydroxylation sites is 1. The molecule has 0 aromatic heterocycles. The minimum atomic E-state index is -0.174. The Bertz CT molecular complexity index is 1420. The van der Waals surface area contributed by atoms with Crippen molar-refractivity contribution < 1.29 is 0 Å². The van der Waals surface area contributed by atoms with Crippen molar-refractivity contribution in [1.82, 2.24) is 0 Å². The van der Waals surface area contributed by atoms with Crippen molar-refractivity contribution in [3.8, 4) is 6.07 Å². The second-order valence-electron chi connectivity index (χ2n) is 12.1. The van der Waals surface area contributed by atoms with Gasteiger partial charge in [-0.05, 0) is 59.8 Å². The zero-order valence-corrected chi connectivity index (χ0v) is 22.6. The minimum absolute atomic E-state index is 0.0166. The van der Waals surface area contributed by atoms with Crippen LogP contribution < -0.4 is 4.90 Å². The number of aliphatic imine (C=N–C) groups is 1. The Morgan fingerprint density at radius 2 is 1.76 bits per heavy atom. The van der Waals surface area contributed by atoms with E-state index in [1.165, 1.54) is 22.3 Å². The molecule has 2 bridgehead atoms. The Kier molecular flexibility index (Phi) is 5.35. The lowest BCUT2D eigenvalue weighted by atomic mass is 9.76. The number of benzene rings is 2. The van der Waals surface area contributed by atoms with Crippen molar-refractivity contribution in [1.29, 1.82) is 10.7 Å². The van der Waals surface area contributed by atoms with E-state index in [1.807, 2.05) is 6.08 Å². The molecule has 2 aromatic rings. The predicted octanol–water partition coefficient (Wildman–Crippen LogP) is 7.67. The average molecular weight is 489 g/mol. The molecule has 4 nitrogen and oxygen atoms in total. The standard InChI is InChI=1S/C33H36N4/c1-20(2)24-11-8-12-25(21(3)4)29(24)37-30(35)26-10-7-6-9-23(26)15-16-33-19-32(33,5)28-17-22(18-34)13-14-27(28)31(37)36-33/h6-14,20-22,35H,15-17,19H2,1-5H3/t22?,32?,33-/m0/s1. The van der Waals surface area contributed by atoms with E-state index in [2.05, 4.69) is 94.1 Å². The second kappa shape index (κ2) is 8.28. The van der Waals surface area contributed by atoms with Crippen molar-refractivity contribution in [3.63, 3.8) is 0 Å². The van der Waals surface area contributed by atoms with Gasteiger partial charge in [-0.1, -0.05) is 89.2 Å². The zero-order chi connectivity index (χ0) is 26.1. The van der Waals surface area contributed by atoms with Gasteiger partial charge in [0.25, 0.3) is 0 Å². The Balaban J connectivity index is 1.68. The van der Waals surface area contributed by atoms with Gasteiger partial charge < -0.3 is 0 Å². The number of aryl methyl sites for hydroxylation is 1. The highest BCUT2D eigenvalue weighted by atomic mass is 15.3. The number of nitrogens with zero attached hydrogens (tertiary/aromatic N) is 3. The number of hydrogen-bond acceptors (Lipinski definition) is 3. The van der Waals surface area contributed by atoms with Crippen LogP contribution in [-0.2, 0) is 6.42 Å². The Morgan fingerprint density at radius 3 is 2.43 bits per heavy atom. The average Bonchev–Trinajstić information content (AvgIpc) is 3.51. The number of hydrogen-bond donors (Lipinski definition) is 1. The number of dihydropyridines is 1. The van der Waals surface area contributed by atoms with Gasteiger partial charge in [0.15, 0.2) is 0 Å². The monoisotopic (exact) mass is 488 g/mol. The van der Waals surface area contributed by atoms with Gasteiger partial charge in [0, 0.05) is 16.6 Å². The van der Waals surface area contributed by atoms with Crippen molar-refractivity contribution in [3.05, 3.63) is 88.0 Å². The fourth-order valence-electron chi connectivity index (χ4n) is 7.00. The molecule has 1 fully saturated rings. The summed E-state index contributed by atoms with van der Waals surface area (Å²) in [4.78, 5) is 7.80. The van der Waals surface area contributed by atoms with Crippen molar-refractivity contribution in [2.24, 2.45) is 16.3 Å². The summed E-state index contributed by atoms with van der Waals surface area (Å²) < 4.78 is 0. The van der Waals surface area contributed by atoms with Crippen LogP contribution in [0.3, 0.4) is 0 Å². The van der Waals surface area contributed by atoms with E-state index >= 15 is 0 Å². The molecular formula is C33H36N4. The van der Waals surface area contributed by atoms with Gasteiger partial charge in [0.05, 0.1) is 23.2 Å². The first-order valence-electron chi connectivity index (χ1n) is 13.7. The number of amidine groups is 2. The summed E-state index contributed by atoms with van der Waals surface area (Å²) in [6.07, 6.45) is 7.82. The third-order valence-corrected chi connectivity index (χ3v) is 9.27. The van der Waals surface area contributed by atoms with Gasteiger partial charge >= 0.3 is 0 Å². The van der Waals surface area contributed by atoms with Crippen LogP contribution in [0, 0.1) is 28.1 Å². The number of allylic oxidation sites excluding steroid dienone is 1. The smallest absolute Gasteiger partial charge is 0.141 e. The third-order valence-electron chi connectivity index (χ3n) is 9.27. The highest BCUT2D eigenvalue weighted by Gasteiger charge is 2.68. The maximum Gasteiger partial charge on any atom is 0.141 e. The highest BCUT2D eigenvalue weighted by molar-refractivity contribution is 6.31. The third kappa shape index (κ3) is 3.40. The van der Waals surface area contributed by atoms with E-state index in [4.69, 9.17) is 4.99 Å². The Morgan fingerprint density at radius 1 is 1.05 bits per heavy atom. The molecule has 1 saturated carbocycles. The summed E-state index contributed by atoms with van der Waals surface area (Å²) in [7, 11) is 0. The topological polar surface area (TPSA) is 63.2 Å². The molecule has 2 aliphatic heterocycles. The van der Waals surface area contributed by atoms with Crippen LogP contribution in [0.1, 0.15) is 88.0 Å². The van der Waals surface area contributed by atoms with Crippen LogP contribution >= 0.6 is 0 Å². The van der Waals surface area contributed by atoms with E-state index in [9.17, 15) is 10.7 Å². The molecule has 2 aliphatic carbocycles. The number of nitrogens with one attached hydrogen (secondary N) is 1. The van der Waals surface area contributed by atoms with Gasteiger partial charge in [0.1, 0.15) is 11.7 Å². The van der Waals surface area contributed by atoms with Gasteiger partial charge in [-0.3, -0.25) is 15.3 Å². The first kappa shape index (κ1) is 23.9.